The van der Waals surface area contributed by atoms with Crippen LogP contribution in [-0.2, 0) is 10.0 Å². The summed E-state index contributed by atoms with van der Waals surface area (Å²) in [6.07, 6.45) is 3.34. The normalized spacial score (nSPS) is 16.9. The van der Waals surface area contributed by atoms with Crippen LogP contribution >= 0.6 is 0 Å². The molecule has 2 aromatic rings. The molecule has 0 radical (unpaired) electrons. The Balaban J connectivity index is 1.71. The number of sulfonamides is 1. The van der Waals surface area contributed by atoms with Crippen LogP contribution in [0.5, 0.6) is 0 Å². The maximum Gasteiger partial charge on any atom is 0.251 e. The maximum atomic E-state index is 12.5. The van der Waals surface area contributed by atoms with Gasteiger partial charge in [0.1, 0.15) is 5.76 Å². The Morgan fingerprint density at radius 2 is 1.83 bits per heavy atom. The number of nitrogens with zero attached hydrogens (tertiary/aromatic N) is 1. The molecule has 0 aliphatic carbocycles. The van der Waals surface area contributed by atoms with Gasteiger partial charge in [0.05, 0.1) is 17.2 Å². The number of benzene rings is 1. The van der Waals surface area contributed by atoms with E-state index in [0.717, 1.165) is 12.8 Å². The number of furan rings is 1. The van der Waals surface area contributed by atoms with Gasteiger partial charge in [-0.3, -0.25) is 4.79 Å². The van der Waals surface area contributed by atoms with Crippen LogP contribution in [0.1, 0.15) is 41.9 Å². The number of hydrogen-bond acceptors (Lipinski definition) is 4. The van der Waals surface area contributed by atoms with E-state index in [1.165, 1.54) is 28.6 Å². The van der Waals surface area contributed by atoms with Crippen molar-refractivity contribution in [2.75, 3.05) is 13.1 Å². The summed E-state index contributed by atoms with van der Waals surface area (Å²) in [4.78, 5) is 12.5. The predicted molar refractivity (Wildman–Crippen MR) is 89.0 cm³/mol. The second-order valence-electron chi connectivity index (χ2n) is 5.85. The molecule has 6 nitrogen and oxygen atoms in total. The molecule has 128 valence electrons. The standard InChI is InChI=1S/C17H20N2O4S/c1-13(16-5-4-12-23-16)18-17(20)14-6-8-15(9-7-14)24(21,22)19-10-2-3-11-19/h4-9,12-13H,2-3,10-11H2,1H3,(H,18,20). The van der Waals surface area contributed by atoms with Gasteiger partial charge < -0.3 is 9.73 Å². The smallest absolute Gasteiger partial charge is 0.251 e. The molecule has 1 aromatic carbocycles. The summed E-state index contributed by atoms with van der Waals surface area (Å²) in [7, 11) is -3.45. The third-order valence-electron chi connectivity index (χ3n) is 4.14. The van der Waals surface area contributed by atoms with Gasteiger partial charge >= 0.3 is 0 Å². The molecule has 0 saturated carbocycles. The van der Waals surface area contributed by atoms with E-state index in [2.05, 4.69) is 5.32 Å². The molecule has 2 heterocycles. The zero-order valence-electron chi connectivity index (χ0n) is 13.4. The molecule has 7 heteroatoms. The summed E-state index contributed by atoms with van der Waals surface area (Å²) >= 11 is 0. The minimum atomic E-state index is -3.45. The molecule has 1 saturated heterocycles. The summed E-state index contributed by atoms with van der Waals surface area (Å²) in [6.45, 7) is 2.94. The van der Waals surface area contributed by atoms with Gasteiger partial charge in [-0.05, 0) is 56.2 Å². The molecule has 1 N–H and O–H groups in total. The van der Waals surface area contributed by atoms with E-state index in [0.29, 0.717) is 24.4 Å². The zero-order chi connectivity index (χ0) is 17.2. The highest BCUT2D eigenvalue weighted by molar-refractivity contribution is 7.89. The Kier molecular flexibility index (Phi) is 4.73. The second-order valence-corrected chi connectivity index (χ2v) is 7.78. The predicted octanol–water partition coefficient (Wildman–Crippen LogP) is 2.56. The topological polar surface area (TPSA) is 79.6 Å². The van der Waals surface area contributed by atoms with E-state index >= 15 is 0 Å². The van der Waals surface area contributed by atoms with Gasteiger partial charge in [-0.15, -0.1) is 0 Å². The van der Waals surface area contributed by atoms with E-state index in [1.54, 1.807) is 18.4 Å². The van der Waals surface area contributed by atoms with Crippen molar-refractivity contribution >= 4 is 15.9 Å². The highest BCUT2D eigenvalue weighted by atomic mass is 32.2. The van der Waals surface area contributed by atoms with E-state index in [4.69, 9.17) is 4.42 Å². The maximum absolute atomic E-state index is 12.5. The molecule has 1 atom stereocenters. The fraction of sp³-hybridized carbons (Fsp3) is 0.353. The fourth-order valence-electron chi connectivity index (χ4n) is 2.74. The van der Waals surface area contributed by atoms with Gasteiger partial charge in [-0.1, -0.05) is 0 Å². The van der Waals surface area contributed by atoms with E-state index in [9.17, 15) is 13.2 Å². The fourth-order valence-corrected chi connectivity index (χ4v) is 4.26. The molecule has 1 aromatic heterocycles. The molecule has 0 bridgehead atoms. The van der Waals surface area contributed by atoms with Gasteiger partial charge in [0.15, 0.2) is 0 Å². The molecule has 1 aliphatic heterocycles. The van der Waals surface area contributed by atoms with E-state index in [1.807, 2.05) is 6.92 Å². The minimum Gasteiger partial charge on any atom is -0.467 e. The van der Waals surface area contributed by atoms with E-state index < -0.39 is 10.0 Å². The number of carbonyl (C=O) groups is 1. The molecule has 1 unspecified atom stereocenters. The van der Waals surface area contributed by atoms with E-state index in [-0.39, 0.29) is 16.8 Å². The largest absolute Gasteiger partial charge is 0.467 e. The summed E-state index contributed by atoms with van der Waals surface area (Å²) in [5, 5.41) is 2.82. The van der Waals surface area contributed by atoms with Crippen molar-refractivity contribution in [3.05, 3.63) is 54.0 Å². The second kappa shape index (κ2) is 6.78. The van der Waals surface area contributed by atoms with Crippen molar-refractivity contribution in [1.29, 1.82) is 0 Å². The van der Waals surface area contributed by atoms with Crippen LogP contribution in [0.3, 0.4) is 0 Å². The first kappa shape index (κ1) is 16.7. The van der Waals surface area contributed by atoms with Crippen molar-refractivity contribution in [2.24, 2.45) is 0 Å². The highest BCUT2D eigenvalue weighted by Gasteiger charge is 2.27. The third kappa shape index (κ3) is 3.37. The Bertz CT molecular complexity index is 792. The van der Waals surface area contributed by atoms with Crippen LogP contribution < -0.4 is 5.32 Å². The SMILES string of the molecule is CC(NC(=O)c1ccc(S(=O)(=O)N2CCCC2)cc1)c1ccco1. The first-order valence-electron chi connectivity index (χ1n) is 7.93. The van der Waals surface area contributed by atoms with Crippen LogP contribution in [0, 0.1) is 0 Å². The Hall–Kier alpha value is -2.12. The molecule has 24 heavy (non-hydrogen) atoms. The number of carbonyl (C=O) groups excluding carboxylic acids is 1. The number of rotatable bonds is 5. The van der Waals surface area contributed by atoms with Crippen molar-refractivity contribution in [3.63, 3.8) is 0 Å². The first-order chi connectivity index (χ1) is 11.5. The summed E-state index contributed by atoms with van der Waals surface area (Å²) in [5.41, 5.74) is 0.411. The molecule has 1 amide bonds. The summed E-state index contributed by atoms with van der Waals surface area (Å²) in [5.74, 6) is 0.389. The van der Waals surface area contributed by atoms with Crippen LogP contribution in [0.4, 0.5) is 0 Å². The Morgan fingerprint density at radius 3 is 2.42 bits per heavy atom. The zero-order valence-corrected chi connectivity index (χ0v) is 14.3. The number of hydrogen-bond donors (Lipinski definition) is 1. The number of nitrogens with one attached hydrogen (secondary N) is 1. The lowest BCUT2D eigenvalue weighted by atomic mass is 10.2. The average molecular weight is 348 g/mol. The van der Waals surface area contributed by atoms with Crippen LogP contribution in [-0.4, -0.2) is 31.7 Å². The lowest BCUT2D eigenvalue weighted by Gasteiger charge is -2.16. The van der Waals surface area contributed by atoms with Crippen molar-refractivity contribution < 1.29 is 17.6 Å². The van der Waals surface area contributed by atoms with Crippen LogP contribution in [0.25, 0.3) is 0 Å². The quantitative estimate of drug-likeness (QED) is 0.900. The first-order valence-corrected chi connectivity index (χ1v) is 9.37. The van der Waals surface area contributed by atoms with Crippen LogP contribution in [0.15, 0.2) is 52.0 Å². The van der Waals surface area contributed by atoms with Gasteiger partial charge in [0.2, 0.25) is 10.0 Å². The summed E-state index contributed by atoms with van der Waals surface area (Å²) in [6, 6.07) is 9.33. The van der Waals surface area contributed by atoms with Gasteiger partial charge in [-0.2, -0.15) is 4.31 Å². The van der Waals surface area contributed by atoms with Gasteiger partial charge in [0, 0.05) is 18.7 Å². The third-order valence-corrected chi connectivity index (χ3v) is 6.05. The Labute approximate surface area is 141 Å². The molecule has 0 spiro atoms. The summed E-state index contributed by atoms with van der Waals surface area (Å²) < 4.78 is 31.7. The lowest BCUT2D eigenvalue weighted by molar-refractivity contribution is 0.0935. The molecule has 3 rings (SSSR count). The Morgan fingerprint density at radius 1 is 1.17 bits per heavy atom. The van der Waals surface area contributed by atoms with Crippen molar-refractivity contribution in [3.8, 4) is 0 Å². The lowest BCUT2D eigenvalue weighted by Crippen LogP contribution is -2.28. The van der Waals surface area contributed by atoms with Crippen LogP contribution in [0.2, 0.25) is 0 Å². The number of amides is 1. The minimum absolute atomic E-state index is 0.222. The van der Waals surface area contributed by atoms with Gasteiger partial charge in [-0.25, -0.2) is 8.42 Å². The average Bonchev–Trinajstić information content (AvgIpc) is 3.28. The molecule has 1 fully saturated rings. The molecule has 1 aliphatic rings. The van der Waals surface area contributed by atoms with Crippen molar-refractivity contribution in [2.45, 2.75) is 30.7 Å². The van der Waals surface area contributed by atoms with Crippen molar-refractivity contribution in [1.82, 2.24) is 9.62 Å². The van der Waals surface area contributed by atoms with Gasteiger partial charge in [0.25, 0.3) is 5.91 Å². The molecular weight excluding hydrogens is 328 g/mol. The molecular formula is C17H20N2O4S. The highest BCUT2D eigenvalue weighted by Crippen LogP contribution is 2.21. The monoisotopic (exact) mass is 348 g/mol.